The number of amides is 1. The molecule has 3 aromatic heterocycles. The van der Waals surface area contributed by atoms with Crippen molar-refractivity contribution < 1.29 is 32.9 Å². The first kappa shape index (κ1) is 65.3. The van der Waals surface area contributed by atoms with E-state index < -0.39 is 39.7 Å². The van der Waals surface area contributed by atoms with Crippen molar-refractivity contribution in [1.82, 2.24) is 19.3 Å². The summed E-state index contributed by atoms with van der Waals surface area (Å²) < 4.78 is 64.8. The molecule has 13 aromatic rings. The summed E-state index contributed by atoms with van der Waals surface area (Å²) >= 11 is 0. The normalized spacial score (nSPS) is 16.9. The third kappa shape index (κ3) is 12.9. The fraction of sp³-hybridized carbons (Fsp3) is 0.193. The number of fused-ring (bicyclic) bond motifs is 2. The molecular formula is C88H78F2N4O5. The molecule has 0 radical (unpaired) electrons. The van der Waals surface area contributed by atoms with Crippen LogP contribution in [0.25, 0.3) is 27.9 Å². The van der Waals surface area contributed by atoms with Gasteiger partial charge < -0.3 is 19.3 Å². The lowest BCUT2D eigenvalue weighted by Gasteiger charge is -2.76. The number of likely N-dealkylation sites (tertiary alicyclic amines) is 1. The van der Waals surface area contributed by atoms with Crippen LogP contribution >= 0.6 is 0 Å². The highest BCUT2D eigenvalue weighted by atomic mass is 19.1. The van der Waals surface area contributed by atoms with Gasteiger partial charge in [-0.25, -0.2) is 23.5 Å². The Balaban J connectivity index is 1.20. The molecule has 2 atom stereocenters. The van der Waals surface area contributed by atoms with Gasteiger partial charge in [0.1, 0.15) is 35.1 Å². The lowest BCUT2D eigenvalue weighted by atomic mass is 9.39. The van der Waals surface area contributed by atoms with Crippen molar-refractivity contribution in [2.75, 3.05) is 20.3 Å². The number of methoxy groups -OCH3 is 1. The van der Waals surface area contributed by atoms with Crippen molar-refractivity contribution in [3.63, 3.8) is 0 Å². The smallest absolute Gasteiger partial charge is 0.408 e. The minimum absolute atomic E-state index is 0.0119. The van der Waals surface area contributed by atoms with Crippen LogP contribution in [0.3, 0.4) is 0 Å². The van der Waals surface area contributed by atoms with E-state index in [9.17, 15) is 5.11 Å². The van der Waals surface area contributed by atoms with Gasteiger partial charge in [0, 0.05) is 49.1 Å². The number of benzene rings is 10. The number of aromatic nitrogens is 3. The molecule has 494 valence electrons. The van der Waals surface area contributed by atoms with Gasteiger partial charge in [-0.05, 0) is 119 Å². The average molecular weight is 1310 g/mol. The number of carboxylic acid groups (broad SMARTS) is 1. The van der Waals surface area contributed by atoms with Crippen LogP contribution in [-0.2, 0) is 62.5 Å². The average Bonchev–Trinajstić information content (AvgIpc) is 0.824. The number of hydrogen-bond acceptors (Lipinski definition) is 6. The summed E-state index contributed by atoms with van der Waals surface area (Å²) in [6.45, 7) is 0.748. The molecule has 0 aliphatic carbocycles. The summed E-state index contributed by atoms with van der Waals surface area (Å²) in [7, 11) is 1.63. The molecule has 0 spiro atoms. The van der Waals surface area contributed by atoms with E-state index in [2.05, 4.69) is 60.7 Å². The Morgan fingerprint density at radius 2 is 0.889 bits per heavy atom. The Hall–Kier alpha value is -11.0. The molecular weight excluding hydrogens is 1230 g/mol. The van der Waals surface area contributed by atoms with Crippen molar-refractivity contribution in [2.24, 2.45) is 5.41 Å². The van der Waals surface area contributed by atoms with Gasteiger partial charge in [-0.1, -0.05) is 273 Å². The molecule has 0 unspecified atom stereocenters. The number of imidazole rings is 1. The van der Waals surface area contributed by atoms with Gasteiger partial charge in [0.15, 0.2) is 11.3 Å². The maximum Gasteiger partial charge on any atom is 0.408 e. The van der Waals surface area contributed by atoms with Gasteiger partial charge in [-0.3, -0.25) is 9.30 Å². The van der Waals surface area contributed by atoms with Crippen LogP contribution in [0, 0.1) is 11.2 Å². The predicted octanol–water partition coefficient (Wildman–Crippen LogP) is 18.5. The number of rotatable bonds is 25. The van der Waals surface area contributed by atoms with Crippen LogP contribution in [0.2, 0.25) is 0 Å². The van der Waals surface area contributed by atoms with Crippen molar-refractivity contribution >= 4 is 22.6 Å². The molecule has 1 amide bonds. The van der Waals surface area contributed by atoms with Crippen molar-refractivity contribution in [2.45, 2.75) is 80.1 Å². The number of pyridine rings is 2. The SMILES string of the molecule is COCCOc1ccn2c(-c3nc4c(O[C@@]5(Cc6ccccc6)C(Cc6ccccc6)(Cc6ccccc6)C(Cc6ccccc6)(Cc6ccccc6)N(C(=O)O)C(Cc6ccccc6)(Cc6ccccc6)[C@@]5(F)Cc5ccccc5)cc(F)cc4cc3Cc3ccccc3)cnc2c1. The van der Waals surface area contributed by atoms with Gasteiger partial charge in [0.25, 0.3) is 0 Å². The van der Waals surface area contributed by atoms with E-state index in [1.807, 2.05) is 241 Å². The lowest BCUT2D eigenvalue weighted by Crippen LogP contribution is -2.93. The zero-order chi connectivity index (χ0) is 67.7. The van der Waals surface area contributed by atoms with E-state index in [-0.39, 0.29) is 62.6 Å². The molecule has 1 aliphatic heterocycles. The third-order valence-electron chi connectivity index (χ3n) is 20.5. The number of nitrogens with zero attached hydrogens (tertiary/aromatic N) is 4. The largest absolute Gasteiger partial charge is 0.491 e. The monoisotopic (exact) mass is 1310 g/mol. The first-order chi connectivity index (χ1) is 48.5. The van der Waals surface area contributed by atoms with Crippen LogP contribution in [-0.4, -0.2) is 73.1 Å². The molecule has 0 saturated carbocycles. The Labute approximate surface area is 577 Å². The Morgan fingerprint density at radius 1 is 0.475 bits per heavy atom. The second-order valence-corrected chi connectivity index (χ2v) is 26.5. The maximum absolute atomic E-state index is 24.4. The third-order valence-corrected chi connectivity index (χ3v) is 20.5. The van der Waals surface area contributed by atoms with Crippen LogP contribution in [0.1, 0.15) is 55.6 Å². The second-order valence-electron chi connectivity index (χ2n) is 26.5. The first-order valence-electron chi connectivity index (χ1n) is 34.0. The molecule has 1 N–H and O–H groups in total. The van der Waals surface area contributed by atoms with Crippen molar-refractivity contribution in [1.29, 1.82) is 0 Å². The highest BCUT2D eigenvalue weighted by Gasteiger charge is 2.85. The van der Waals surface area contributed by atoms with Gasteiger partial charge in [-0.15, -0.1) is 0 Å². The van der Waals surface area contributed by atoms with E-state index >= 15 is 13.6 Å². The standard InChI is InChI=1S/C88H78F2N4O5/c1-97-49-50-98-77-47-48-93-78(64-91-80(93)55-77)81-74(51-65-29-11-2-12-30-65)52-75-53-76(89)54-79(82(75)92-81)99-88(63-73-45-27-10-28-46-73)84(56-66-31-13-3-14-32-66,57-67-33-15-4-16-34-67)85(58-68-35-17-5-18-36-68,59-69-37-19-6-20-38-69)94(83(95)96)86(60-70-39-21-7-22-40-70,61-71-41-23-8-24-42-71)87(88,90)62-72-43-25-9-26-44-72/h2-48,52-55,64H,49-51,56-63H2,1H3,(H,95,96)/t87-,88-/m0/s1. The molecule has 99 heavy (non-hydrogen) atoms. The number of alkyl halides is 1. The van der Waals surface area contributed by atoms with E-state index in [1.54, 1.807) is 18.2 Å². The molecule has 1 fully saturated rings. The van der Waals surface area contributed by atoms with Gasteiger partial charge >= 0.3 is 6.09 Å². The molecule has 1 aliphatic rings. The van der Waals surface area contributed by atoms with Crippen molar-refractivity contribution in [3.8, 4) is 22.9 Å². The van der Waals surface area contributed by atoms with E-state index in [4.69, 9.17) is 24.2 Å². The second kappa shape index (κ2) is 28.6. The summed E-state index contributed by atoms with van der Waals surface area (Å²) in [5.41, 5.74) is -0.942. The van der Waals surface area contributed by atoms with Gasteiger partial charge in [0.2, 0.25) is 0 Å². The van der Waals surface area contributed by atoms with Crippen LogP contribution in [0.5, 0.6) is 11.5 Å². The highest BCUT2D eigenvalue weighted by Crippen LogP contribution is 2.69. The Morgan fingerprint density at radius 3 is 1.33 bits per heavy atom. The van der Waals surface area contributed by atoms with E-state index in [0.29, 0.717) is 64.5 Å². The quantitative estimate of drug-likeness (QED) is 0.0569. The number of hydrogen-bond donors (Lipinski definition) is 1. The maximum atomic E-state index is 24.4. The van der Waals surface area contributed by atoms with Gasteiger partial charge in [-0.2, -0.15) is 0 Å². The Bertz CT molecular complexity index is 4700. The van der Waals surface area contributed by atoms with Gasteiger partial charge in [0.05, 0.1) is 35.3 Å². The molecule has 11 heteroatoms. The first-order valence-corrected chi connectivity index (χ1v) is 34.0. The number of carbonyl (C=O) groups is 1. The highest BCUT2D eigenvalue weighted by molar-refractivity contribution is 5.88. The summed E-state index contributed by atoms with van der Waals surface area (Å²) in [6, 6.07) is 98.2. The van der Waals surface area contributed by atoms with Crippen LogP contribution in [0.4, 0.5) is 13.6 Å². The fourth-order valence-corrected chi connectivity index (χ4v) is 16.4. The van der Waals surface area contributed by atoms with Crippen molar-refractivity contribution in [3.05, 3.63) is 377 Å². The summed E-state index contributed by atoms with van der Waals surface area (Å²) in [6.07, 6.45) is 2.30. The number of halogens is 2. The number of ether oxygens (including phenoxy) is 3. The number of piperidine rings is 1. The fourth-order valence-electron chi connectivity index (χ4n) is 16.4. The summed E-state index contributed by atoms with van der Waals surface area (Å²) in [5, 5.41) is 14.1. The molecule has 4 heterocycles. The molecule has 10 aromatic carbocycles. The predicted molar refractivity (Wildman–Crippen MR) is 389 cm³/mol. The minimum atomic E-state index is -2.87. The van der Waals surface area contributed by atoms with Crippen LogP contribution in [0.15, 0.2) is 316 Å². The molecule has 9 nitrogen and oxygen atoms in total. The molecule has 14 rings (SSSR count). The Kier molecular flexibility index (Phi) is 18.9. The zero-order valence-corrected chi connectivity index (χ0v) is 55.4. The summed E-state index contributed by atoms with van der Waals surface area (Å²) in [4.78, 5) is 29.2. The molecule has 1 saturated heterocycles. The van der Waals surface area contributed by atoms with E-state index in [0.717, 1.165) is 38.9 Å². The summed E-state index contributed by atoms with van der Waals surface area (Å²) in [5.74, 6) is -0.0280. The zero-order valence-electron chi connectivity index (χ0n) is 55.4. The molecule has 0 bridgehead atoms. The topological polar surface area (TPSA) is 98.4 Å². The minimum Gasteiger partial charge on any atom is -0.491 e. The lowest BCUT2D eigenvalue weighted by molar-refractivity contribution is -0.308. The van der Waals surface area contributed by atoms with E-state index in [1.165, 1.54) is 12.1 Å². The van der Waals surface area contributed by atoms with Crippen LogP contribution < -0.4 is 9.47 Å².